The molecule has 0 spiro atoms. The third-order valence-corrected chi connectivity index (χ3v) is 7.62. The molecule has 5 rings (SSSR count). The Labute approximate surface area is 180 Å². The highest BCUT2D eigenvalue weighted by Crippen LogP contribution is 2.53. The van der Waals surface area contributed by atoms with Crippen molar-refractivity contribution in [2.45, 2.75) is 42.9 Å². The molecule has 30 heavy (non-hydrogen) atoms. The SMILES string of the molecule is [C-]#[N+]c1cncc(-c2ccc(C3(c4nnc5n4CCSC(C)(CO)C5)CC3)cc2)c1. The van der Waals surface area contributed by atoms with E-state index in [1.165, 1.54) is 5.56 Å². The average Bonchev–Trinajstić information content (AvgIpc) is 3.53. The van der Waals surface area contributed by atoms with Crippen LogP contribution in [0.2, 0.25) is 0 Å². The summed E-state index contributed by atoms with van der Waals surface area (Å²) in [7, 11) is 0. The zero-order valence-electron chi connectivity index (χ0n) is 16.9. The molecule has 7 heteroatoms. The number of benzene rings is 1. The summed E-state index contributed by atoms with van der Waals surface area (Å²) in [5.74, 6) is 3.00. The molecule has 1 N–H and O–H groups in total. The van der Waals surface area contributed by atoms with E-state index in [4.69, 9.17) is 6.57 Å². The number of hydrogen-bond acceptors (Lipinski definition) is 5. The molecule has 1 aliphatic heterocycles. The predicted molar refractivity (Wildman–Crippen MR) is 118 cm³/mol. The van der Waals surface area contributed by atoms with Gasteiger partial charge in [-0.15, -0.1) is 10.2 Å². The summed E-state index contributed by atoms with van der Waals surface area (Å²) >= 11 is 1.82. The van der Waals surface area contributed by atoms with Gasteiger partial charge in [0.2, 0.25) is 5.69 Å². The summed E-state index contributed by atoms with van der Waals surface area (Å²) in [6.07, 6.45) is 6.26. The van der Waals surface area contributed by atoms with E-state index in [-0.39, 0.29) is 16.8 Å². The minimum absolute atomic E-state index is 0.0645. The van der Waals surface area contributed by atoms with E-state index in [0.29, 0.717) is 5.69 Å². The van der Waals surface area contributed by atoms with Gasteiger partial charge in [-0.1, -0.05) is 24.3 Å². The van der Waals surface area contributed by atoms with Crippen LogP contribution < -0.4 is 0 Å². The van der Waals surface area contributed by atoms with Crippen LogP contribution in [0.15, 0.2) is 42.7 Å². The van der Waals surface area contributed by atoms with Gasteiger partial charge in [-0.3, -0.25) is 4.98 Å². The standard InChI is InChI=1S/C23H23N5OS/c1-22(15-29)12-20-26-27-21(28(20)9-10-30-22)23(7-8-23)18-5-3-16(4-6-18)17-11-19(24-2)14-25-13-17/h3-6,11,13-14,29H,7-10,12,15H2,1H3. The smallest absolute Gasteiger partial charge is 0.205 e. The van der Waals surface area contributed by atoms with E-state index in [9.17, 15) is 5.11 Å². The lowest BCUT2D eigenvalue weighted by Gasteiger charge is -2.23. The van der Waals surface area contributed by atoms with Crippen molar-refractivity contribution in [3.8, 4) is 11.1 Å². The molecule has 1 saturated carbocycles. The van der Waals surface area contributed by atoms with E-state index in [2.05, 4.69) is 55.8 Å². The number of aliphatic hydroxyl groups excluding tert-OH is 1. The molecule has 1 atom stereocenters. The first-order valence-corrected chi connectivity index (χ1v) is 11.2. The fourth-order valence-electron chi connectivity index (χ4n) is 4.32. The van der Waals surface area contributed by atoms with Crippen LogP contribution in [0.4, 0.5) is 5.69 Å². The third kappa shape index (κ3) is 3.21. The quantitative estimate of drug-likeness (QED) is 0.650. The van der Waals surface area contributed by atoms with E-state index >= 15 is 0 Å². The van der Waals surface area contributed by atoms with Crippen LogP contribution in [0.5, 0.6) is 0 Å². The van der Waals surface area contributed by atoms with Crippen molar-refractivity contribution in [3.63, 3.8) is 0 Å². The van der Waals surface area contributed by atoms with E-state index in [1.807, 2.05) is 17.8 Å². The normalized spacial score (nSPS) is 22.0. The summed E-state index contributed by atoms with van der Waals surface area (Å²) in [5, 5.41) is 19.0. The highest BCUT2D eigenvalue weighted by atomic mass is 32.2. The van der Waals surface area contributed by atoms with Crippen LogP contribution in [-0.4, -0.2) is 42.0 Å². The van der Waals surface area contributed by atoms with Crippen LogP contribution >= 0.6 is 11.8 Å². The minimum Gasteiger partial charge on any atom is -0.395 e. The van der Waals surface area contributed by atoms with Crippen molar-refractivity contribution >= 4 is 17.4 Å². The molecule has 0 saturated heterocycles. The number of hydrogen-bond donors (Lipinski definition) is 1. The molecule has 1 fully saturated rings. The second-order valence-electron chi connectivity index (χ2n) is 8.43. The zero-order chi connectivity index (χ0) is 20.8. The van der Waals surface area contributed by atoms with Gasteiger partial charge in [0.15, 0.2) is 0 Å². The number of thioether (sulfide) groups is 1. The number of fused-ring (bicyclic) bond motifs is 1. The van der Waals surface area contributed by atoms with Gasteiger partial charge in [0.1, 0.15) is 11.6 Å². The minimum atomic E-state index is -0.190. The van der Waals surface area contributed by atoms with Gasteiger partial charge in [-0.05, 0) is 42.5 Å². The van der Waals surface area contributed by atoms with Crippen molar-refractivity contribution in [1.82, 2.24) is 19.7 Å². The summed E-state index contributed by atoms with van der Waals surface area (Å²) in [6.45, 7) is 10.3. The molecule has 6 nitrogen and oxygen atoms in total. The van der Waals surface area contributed by atoms with Crippen LogP contribution in [0.1, 0.15) is 37.0 Å². The first-order valence-electron chi connectivity index (χ1n) is 10.2. The highest BCUT2D eigenvalue weighted by molar-refractivity contribution is 8.00. The molecule has 1 unspecified atom stereocenters. The summed E-state index contributed by atoms with van der Waals surface area (Å²) in [4.78, 5) is 7.65. The maximum absolute atomic E-state index is 9.81. The van der Waals surface area contributed by atoms with Crippen molar-refractivity contribution in [2.24, 2.45) is 0 Å². The monoisotopic (exact) mass is 417 g/mol. The molecule has 152 valence electrons. The van der Waals surface area contributed by atoms with Gasteiger partial charge in [-0.25, -0.2) is 4.85 Å². The van der Waals surface area contributed by atoms with Gasteiger partial charge in [0, 0.05) is 35.9 Å². The molecule has 2 aliphatic rings. The Bertz CT molecular complexity index is 1130. The molecule has 1 aliphatic carbocycles. The molecule has 0 bridgehead atoms. The first kappa shape index (κ1) is 19.3. The zero-order valence-corrected chi connectivity index (χ0v) is 17.7. The Balaban J connectivity index is 1.47. The van der Waals surface area contributed by atoms with Gasteiger partial charge in [0.25, 0.3) is 0 Å². The Morgan fingerprint density at radius 3 is 2.67 bits per heavy atom. The maximum Gasteiger partial charge on any atom is 0.205 e. The largest absolute Gasteiger partial charge is 0.395 e. The van der Waals surface area contributed by atoms with Gasteiger partial charge < -0.3 is 9.67 Å². The molecule has 3 heterocycles. The van der Waals surface area contributed by atoms with Crippen molar-refractivity contribution in [3.05, 3.63) is 71.4 Å². The first-order chi connectivity index (χ1) is 14.6. The Kier molecular flexibility index (Phi) is 4.64. The lowest BCUT2D eigenvalue weighted by atomic mass is 9.93. The van der Waals surface area contributed by atoms with E-state index in [1.54, 1.807) is 12.4 Å². The van der Waals surface area contributed by atoms with E-state index in [0.717, 1.165) is 54.3 Å². The molecule has 3 aromatic rings. The summed E-state index contributed by atoms with van der Waals surface area (Å²) in [6, 6.07) is 10.4. The number of aliphatic hydroxyl groups is 1. The molecular weight excluding hydrogens is 394 g/mol. The van der Waals surface area contributed by atoms with Crippen molar-refractivity contribution < 1.29 is 5.11 Å². The Hall–Kier alpha value is -2.69. The molecular formula is C23H23N5OS. The lowest BCUT2D eigenvalue weighted by molar-refractivity contribution is 0.254. The third-order valence-electron chi connectivity index (χ3n) is 6.26. The number of nitrogens with zero attached hydrogens (tertiary/aromatic N) is 5. The summed E-state index contributed by atoms with van der Waals surface area (Å²) < 4.78 is 2.10. The number of pyridine rings is 1. The van der Waals surface area contributed by atoms with Gasteiger partial charge in [0.05, 0.1) is 18.6 Å². The highest BCUT2D eigenvalue weighted by Gasteiger charge is 2.50. The van der Waals surface area contributed by atoms with Gasteiger partial charge >= 0.3 is 0 Å². The molecule has 0 radical (unpaired) electrons. The van der Waals surface area contributed by atoms with Crippen LogP contribution in [0.3, 0.4) is 0 Å². The lowest BCUT2D eigenvalue weighted by Crippen LogP contribution is -2.28. The number of aromatic nitrogens is 4. The van der Waals surface area contributed by atoms with Crippen LogP contribution in [0, 0.1) is 6.57 Å². The van der Waals surface area contributed by atoms with Crippen LogP contribution in [-0.2, 0) is 18.4 Å². The molecule has 1 aromatic carbocycles. The van der Waals surface area contributed by atoms with Crippen molar-refractivity contribution in [2.75, 3.05) is 12.4 Å². The fourth-order valence-corrected chi connectivity index (χ4v) is 5.41. The molecule has 2 aromatic heterocycles. The van der Waals surface area contributed by atoms with Gasteiger partial charge in [-0.2, -0.15) is 11.8 Å². The average molecular weight is 418 g/mol. The number of rotatable bonds is 4. The fraction of sp³-hybridized carbons (Fsp3) is 0.391. The summed E-state index contributed by atoms with van der Waals surface area (Å²) in [5.41, 5.74) is 3.76. The second kappa shape index (κ2) is 7.22. The van der Waals surface area contributed by atoms with Crippen molar-refractivity contribution in [1.29, 1.82) is 0 Å². The predicted octanol–water partition coefficient (Wildman–Crippen LogP) is 4.01. The topological polar surface area (TPSA) is 68.2 Å². The Morgan fingerprint density at radius 2 is 1.97 bits per heavy atom. The van der Waals surface area contributed by atoms with Crippen LogP contribution in [0.25, 0.3) is 16.0 Å². The second-order valence-corrected chi connectivity index (χ2v) is 10.1. The van der Waals surface area contributed by atoms with E-state index < -0.39 is 0 Å². The molecule has 0 amide bonds. The Morgan fingerprint density at radius 1 is 1.17 bits per heavy atom. The maximum atomic E-state index is 9.81.